The lowest BCUT2D eigenvalue weighted by atomic mass is 9.60. The monoisotopic (exact) mass is 378 g/mol. The van der Waals surface area contributed by atoms with Crippen molar-refractivity contribution in [2.75, 3.05) is 0 Å². The minimum Gasteiger partial charge on any atom is -0.144 e. The molecular weight excluding hydrogens is 332 g/mol. The Bertz CT molecular complexity index is 532. The molecule has 1 unspecified atom stereocenters. The molecule has 0 radical (unpaired) electrons. The smallest absolute Gasteiger partial charge is 0.0145 e. The van der Waals surface area contributed by atoms with Crippen molar-refractivity contribution in [3.63, 3.8) is 0 Å². The molecule has 152 valence electrons. The molecule has 1 heterocycles. The normalized spacial score (nSPS) is 15.3. The van der Waals surface area contributed by atoms with Gasteiger partial charge in [-0.3, -0.25) is 0 Å². The fourth-order valence-electron chi connectivity index (χ4n) is 4.22. The van der Waals surface area contributed by atoms with E-state index in [9.17, 15) is 0 Å². The number of thiophene rings is 1. The predicted octanol–water partition coefficient (Wildman–Crippen LogP) is 9.05. The van der Waals surface area contributed by atoms with Crippen LogP contribution in [-0.2, 0) is 17.3 Å². The molecule has 0 fully saturated rings. The van der Waals surface area contributed by atoms with Crippen LogP contribution >= 0.6 is 11.3 Å². The number of hydrogen-bond acceptors (Lipinski definition) is 1. The quantitative estimate of drug-likeness (QED) is 0.318. The molecule has 0 bridgehead atoms. The maximum Gasteiger partial charge on any atom is 0.0145 e. The first kappa shape index (κ1) is 23.7. The Morgan fingerprint density at radius 1 is 0.769 bits per heavy atom. The summed E-state index contributed by atoms with van der Waals surface area (Å²) in [5, 5.41) is 0. The summed E-state index contributed by atoms with van der Waals surface area (Å²) in [6.45, 7) is 21.8. The van der Waals surface area contributed by atoms with Gasteiger partial charge in [0, 0.05) is 15.2 Å². The Balaban J connectivity index is 3.40. The zero-order chi connectivity index (χ0) is 20.0. The first-order valence-corrected chi connectivity index (χ1v) is 12.1. The number of aryl methyl sites for hydroxylation is 1. The van der Waals surface area contributed by atoms with E-state index in [2.05, 4.69) is 79.7 Å². The fourth-order valence-corrected chi connectivity index (χ4v) is 5.97. The van der Waals surface area contributed by atoms with Gasteiger partial charge in [-0.25, -0.2) is 0 Å². The van der Waals surface area contributed by atoms with E-state index >= 15 is 0 Å². The second-order valence-corrected chi connectivity index (χ2v) is 10.5. The van der Waals surface area contributed by atoms with Crippen LogP contribution in [-0.4, -0.2) is 0 Å². The molecule has 0 aliphatic heterocycles. The lowest BCUT2D eigenvalue weighted by Crippen LogP contribution is -2.40. The van der Waals surface area contributed by atoms with Crippen LogP contribution in [0.25, 0.3) is 0 Å². The lowest BCUT2D eigenvalue weighted by molar-refractivity contribution is 0.135. The van der Waals surface area contributed by atoms with Crippen LogP contribution in [0.3, 0.4) is 0 Å². The molecule has 0 spiro atoms. The topological polar surface area (TPSA) is 0 Å². The van der Waals surface area contributed by atoms with Crippen molar-refractivity contribution in [3.05, 3.63) is 21.4 Å². The molecule has 0 aromatic carbocycles. The molecule has 1 atom stereocenters. The van der Waals surface area contributed by atoms with Crippen molar-refractivity contribution in [2.24, 2.45) is 5.41 Å². The van der Waals surface area contributed by atoms with Gasteiger partial charge in [-0.05, 0) is 61.0 Å². The molecular formula is C25H46S. The van der Waals surface area contributed by atoms with Crippen LogP contribution in [0.4, 0.5) is 0 Å². The van der Waals surface area contributed by atoms with E-state index in [1.54, 1.807) is 15.3 Å². The van der Waals surface area contributed by atoms with Gasteiger partial charge in [0.25, 0.3) is 0 Å². The van der Waals surface area contributed by atoms with Crippen molar-refractivity contribution in [2.45, 2.75) is 131 Å². The zero-order valence-electron chi connectivity index (χ0n) is 19.3. The molecule has 1 rings (SSSR count). The molecule has 0 N–H and O–H groups in total. The zero-order valence-corrected chi connectivity index (χ0v) is 20.2. The molecule has 0 amide bonds. The Hall–Kier alpha value is -0.300. The molecule has 1 aromatic heterocycles. The highest BCUT2D eigenvalue weighted by Crippen LogP contribution is 2.53. The first-order chi connectivity index (χ1) is 12.2. The van der Waals surface area contributed by atoms with Gasteiger partial charge in [-0.1, -0.05) is 81.6 Å². The highest BCUT2D eigenvalue weighted by atomic mass is 32.1. The molecule has 26 heavy (non-hydrogen) atoms. The summed E-state index contributed by atoms with van der Waals surface area (Å²) in [5.41, 5.74) is 2.62. The highest BCUT2D eigenvalue weighted by molar-refractivity contribution is 7.12. The minimum atomic E-state index is 0.281. The fraction of sp³-hybridized carbons (Fsp3) is 0.840. The summed E-state index contributed by atoms with van der Waals surface area (Å²) < 4.78 is 0. The van der Waals surface area contributed by atoms with Crippen LogP contribution in [0.5, 0.6) is 0 Å². The largest absolute Gasteiger partial charge is 0.144 e. The summed E-state index contributed by atoms with van der Waals surface area (Å²) in [4.78, 5) is 3.31. The van der Waals surface area contributed by atoms with Crippen molar-refractivity contribution in [1.82, 2.24) is 0 Å². The van der Waals surface area contributed by atoms with E-state index in [4.69, 9.17) is 0 Å². The van der Waals surface area contributed by atoms with Crippen molar-refractivity contribution in [3.8, 4) is 0 Å². The summed E-state index contributed by atoms with van der Waals surface area (Å²) in [7, 11) is 0. The Morgan fingerprint density at radius 2 is 1.38 bits per heavy atom. The van der Waals surface area contributed by atoms with Gasteiger partial charge in [0.1, 0.15) is 0 Å². The van der Waals surface area contributed by atoms with E-state index in [1.165, 1.54) is 57.8 Å². The third kappa shape index (κ3) is 4.75. The summed E-state index contributed by atoms with van der Waals surface area (Å²) in [6.07, 6.45) is 11.6. The maximum absolute atomic E-state index is 2.59. The third-order valence-electron chi connectivity index (χ3n) is 7.76. The van der Waals surface area contributed by atoms with E-state index in [0.717, 1.165) is 0 Å². The van der Waals surface area contributed by atoms with Crippen LogP contribution in [0.1, 0.15) is 129 Å². The van der Waals surface area contributed by atoms with Crippen LogP contribution in [0.15, 0.2) is 6.07 Å². The first-order valence-electron chi connectivity index (χ1n) is 11.3. The SMILES string of the molecule is CCCCCCc1cc(C(C)(C)CC)sc1C(C)(CC)C(C)(CC)CC. The van der Waals surface area contributed by atoms with Crippen molar-refractivity contribution >= 4 is 11.3 Å². The second-order valence-electron chi connectivity index (χ2n) is 9.47. The molecule has 0 aliphatic rings. The molecule has 0 saturated heterocycles. The predicted molar refractivity (Wildman–Crippen MR) is 122 cm³/mol. The maximum atomic E-state index is 2.59. The Labute approximate surface area is 169 Å². The standard InChI is InChI=1S/C25H46S/c1-10-15-16-17-18-20-19-21(23(6,7)11-2)26-22(20)25(9,14-5)24(8,12-3)13-4/h19H,10-18H2,1-9H3. The van der Waals surface area contributed by atoms with Crippen LogP contribution < -0.4 is 0 Å². The number of rotatable bonds is 12. The van der Waals surface area contributed by atoms with Gasteiger partial charge in [0.2, 0.25) is 0 Å². The van der Waals surface area contributed by atoms with Gasteiger partial charge in [-0.2, -0.15) is 0 Å². The highest BCUT2D eigenvalue weighted by Gasteiger charge is 2.44. The summed E-state index contributed by atoms with van der Waals surface area (Å²) >= 11 is 2.14. The van der Waals surface area contributed by atoms with Crippen LogP contribution in [0, 0.1) is 5.41 Å². The molecule has 0 aliphatic carbocycles. The number of hydrogen-bond donors (Lipinski definition) is 0. The van der Waals surface area contributed by atoms with E-state index in [1.807, 2.05) is 0 Å². The molecule has 1 heteroatoms. The van der Waals surface area contributed by atoms with E-state index in [0.29, 0.717) is 10.8 Å². The Morgan fingerprint density at radius 3 is 1.85 bits per heavy atom. The van der Waals surface area contributed by atoms with Gasteiger partial charge in [0.05, 0.1) is 0 Å². The summed E-state index contributed by atoms with van der Waals surface area (Å²) in [5.74, 6) is 0. The van der Waals surface area contributed by atoms with Crippen LogP contribution in [0.2, 0.25) is 0 Å². The van der Waals surface area contributed by atoms with Gasteiger partial charge >= 0.3 is 0 Å². The van der Waals surface area contributed by atoms with Crippen molar-refractivity contribution < 1.29 is 0 Å². The van der Waals surface area contributed by atoms with E-state index < -0.39 is 0 Å². The van der Waals surface area contributed by atoms with Crippen molar-refractivity contribution in [1.29, 1.82) is 0 Å². The second kappa shape index (κ2) is 9.76. The average molecular weight is 379 g/mol. The van der Waals surface area contributed by atoms with Gasteiger partial charge in [-0.15, -0.1) is 11.3 Å². The number of unbranched alkanes of at least 4 members (excludes halogenated alkanes) is 3. The third-order valence-corrected chi connectivity index (χ3v) is 9.57. The van der Waals surface area contributed by atoms with E-state index in [-0.39, 0.29) is 5.41 Å². The molecule has 0 nitrogen and oxygen atoms in total. The van der Waals surface area contributed by atoms with Gasteiger partial charge < -0.3 is 0 Å². The lowest BCUT2D eigenvalue weighted by Gasteiger charge is -2.46. The van der Waals surface area contributed by atoms with Gasteiger partial charge in [0.15, 0.2) is 0 Å². The summed E-state index contributed by atoms with van der Waals surface area (Å²) in [6, 6.07) is 2.59. The molecule has 0 saturated carbocycles. The minimum absolute atomic E-state index is 0.281. The average Bonchev–Trinajstić information content (AvgIpc) is 3.09. The molecule has 1 aromatic rings. The Kier molecular flexibility index (Phi) is 8.91.